The molecule has 1 heterocycles. The smallest absolute Gasteiger partial charge is 0.128 e. The fourth-order valence-corrected chi connectivity index (χ4v) is 1.80. The highest BCUT2D eigenvalue weighted by atomic mass is 16.5. The number of ether oxygens (including phenoxy) is 1. The SMILES string of the molecule is CC1(C)C=C(CN)c2ccccc2O1. The second-order valence-corrected chi connectivity index (χ2v) is 4.08. The lowest BCUT2D eigenvalue weighted by Crippen LogP contribution is -2.30. The van der Waals surface area contributed by atoms with Crippen LogP contribution in [-0.2, 0) is 0 Å². The highest BCUT2D eigenvalue weighted by molar-refractivity contribution is 5.74. The molecule has 2 rings (SSSR count). The Morgan fingerprint density at radius 2 is 2.00 bits per heavy atom. The number of benzene rings is 1. The summed E-state index contributed by atoms with van der Waals surface area (Å²) in [5.74, 6) is 0.931. The van der Waals surface area contributed by atoms with Crippen LogP contribution in [0.5, 0.6) is 5.75 Å². The van der Waals surface area contributed by atoms with Crippen LogP contribution in [0.2, 0.25) is 0 Å². The van der Waals surface area contributed by atoms with Gasteiger partial charge in [-0.25, -0.2) is 0 Å². The molecule has 0 fully saturated rings. The first kappa shape index (κ1) is 9.28. The van der Waals surface area contributed by atoms with E-state index in [2.05, 4.69) is 6.08 Å². The minimum absolute atomic E-state index is 0.247. The van der Waals surface area contributed by atoms with Gasteiger partial charge < -0.3 is 10.5 Å². The van der Waals surface area contributed by atoms with E-state index in [9.17, 15) is 0 Å². The van der Waals surface area contributed by atoms with Gasteiger partial charge in [0.05, 0.1) is 0 Å². The molecule has 0 aliphatic carbocycles. The second-order valence-electron chi connectivity index (χ2n) is 4.08. The number of nitrogens with two attached hydrogens (primary N) is 1. The molecular weight excluding hydrogens is 174 g/mol. The normalized spacial score (nSPS) is 18.1. The van der Waals surface area contributed by atoms with Crippen LogP contribution in [0.3, 0.4) is 0 Å². The predicted octanol–water partition coefficient (Wildman–Crippen LogP) is 2.20. The van der Waals surface area contributed by atoms with Crippen LogP contribution in [0.25, 0.3) is 5.57 Å². The molecule has 0 amide bonds. The average molecular weight is 189 g/mol. The first-order valence-electron chi connectivity index (χ1n) is 4.82. The van der Waals surface area contributed by atoms with Crippen LogP contribution >= 0.6 is 0 Å². The quantitative estimate of drug-likeness (QED) is 0.735. The highest BCUT2D eigenvalue weighted by Crippen LogP contribution is 2.34. The summed E-state index contributed by atoms with van der Waals surface area (Å²) in [7, 11) is 0. The highest BCUT2D eigenvalue weighted by Gasteiger charge is 2.25. The van der Waals surface area contributed by atoms with Crippen LogP contribution in [-0.4, -0.2) is 12.1 Å². The van der Waals surface area contributed by atoms with Gasteiger partial charge in [0.1, 0.15) is 11.4 Å². The third kappa shape index (κ3) is 1.53. The van der Waals surface area contributed by atoms with Crippen molar-refractivity contribution in [2.24, 2.45) is 5.73 Å². The van der Waals surface area contributed by atoms with E-state index in [0.29, 0.717) is 6.54 Å². The summed E-state index contributed by atoms with van der Waals surface area (Å²) < 4.78 is 5.82. The molecule has 0 bridgehead atoms. The lowest BCUT2D eigenvalue weighted by molar-refractivity contribution is 0.158. The Labute approximate surface area is 84.4 Å². The van der Waals surface area contributed by atoms with Gasteiger partial charge in [0.15, 0.2) is 0 Å². The number of hydrogen-bond donors (Lipinski definition) is 1. The Hall–Kier alpha value is -1.28. The van der Waals surface area contributed by atoms with Gasteiger partial charge in [-0.2, -0.15) is 0 Å². The zero-order valence-corrected chi connectivity index (χ0v) is 8.58. The Morgan fingerprint density at radius 3 is 2.71 bits per heavy atom. The summed E-state index contributed by atoms with van der Waals surface area (Å²) in [5.41, 5.74) is 7.75. The molecule has 2 heteroatoms. The van der Waals surface area contributed by atoms with Crippen LogP contribution in [0.15, 0.2) is 30.3 Å². The number of para-hydroxylation sites is 1. The summed E-state index contributed by atoms with van der Waals surface area (Å²) in [5, 5.41) is 0. The van der Waals surface area contributed by atoms with Gasteiger partial charge in [-0.1, -0.05) is 18.2 Å². The summed E-state index contributed by atoms with van der Waals surface area (Å²) >= 11 is 0. The van der Waals surface area contributed by atoms with Crippen LogP contribution in [0.1, 0.15) is 19.4 Å². The summed E-state index contributed by atoms with van der Waals surface area (Å²) in [6.45, 7) is 4.64. The van der Waals surface area contributed by atoms with Crippen molar-refractivity contribution in [3.05, 3.63) is 35.9 Å². The molecule has 74 valence electrons. The second kappa shape index (κ2) is 3.14. The van der Waals surface area contributed by atoms with Crippen molar-refractivity contribution in [2.45, 2.75) is 19.4 Å². The van der Waals surface area contributed by atoms with E-state index < -0.39 is 0 Å². The van der Waals surface area contributed by atoms with E-state index >= 15 is 0 Å². The average Bonchev–Trinajstić information content (AvgIpc) is 2.15. The minimum atomic E-state index is -0.247. The Kier molecular flexibility index (Phi) is 2.08. The molecule has 1 aliphatic rings. The zero-order chi connectivity index (χ0) is 10.2. The number of fused-ring (bicyclic) bond motifs is 1. The fourth-order valence-electron chi connectivity index (χ4n) is 1.80. The summed E-state index contributed by atoms with van der Waals surface area (Å²) in [6, 6.07) is 8.02. The van der Waals surface area contributed by atoms with Gasteiger partial charge in [0.2, 0.25) is 0 Å². The van der Waals surface area contributed by atoms with Crippen molar-refractivity contribution in [2.75, 3.05) is 6.54 Å². The van der Waals surface area contributed by atoms with Crippen molar-refractivity contribution in [3.63, 3.8) is 0 Å². The standard InChI is InChI=1S/C12H15NO/c1-12(2)7-9(8-13)10-5-3-4-6-11(10)14-12/h3-7H,8,13H2,1-2H3. The summed E-state index contributed by atoms with van der Waals surface area (Å²) in [4.78, 5) is 0. The third-order valence-electron chi connectivity index (χ3n) is 2.35. The molecule has 2 nitrogen and oxygen atoms in total. The Bertz CT molecular complexity index is 380. The fraction of sp³-hybridized carbons (Fsp3) is 0.333. The van der Waals surface area contributed by atoms with Crippen molar-refractivity contribution >= 4 is 5.57 Å². The van der Waals surface area contributed by atoms with Crippen molar-refractivity contribution < 1.29 is 4.74 Å². The predicted molar refractivity (Wildman–Crippen MR) is 58.2 cm³/mol. The van der Waals surface area contributed by atoms with Crippen LogP contribution in [0, 0.1) is 0 Å². The third-order valence-corrected chi connectivity index (χ3v) is 2.35. The van der Waals surface area contributed by atoms with Crippen molar-refractivity contribution in [3.8, 4) is 5.75 Å². The van der Waals surface area contributed by atoms with Gasteiger partial charge >= 0.3 is 0 Å². The molecule has 1 aromatic rings. The van der Waals surface area contributed by atoms with E-state index in [0.717, 1.165) is 16.9 Å². The molecular formula is C12H15NO. The molecule has 2 N–H and O–H groups in total. The molecule has 1 aromatic carbocycles. The van der Waals surface area contributed by atoms with Crippen molar-refractivity contribution in [1.82, 2.24) is 0 Å². The maximum Gasteiger partial charge on any atom is 0.128 e. The first-order chi connectivity index (χ1) is 6.62. The molecule has 0 atom stereocenters. The van der Waals surface area contributed by atoms with Crippen LogP contribution < -0.4 is 10.5 Å². The summed E-state index contributed by atoms with van der Waals surface area (Å²) in [6.07, 6.45) is 2.09. The maximum absolute atomic E-state index is 5.82. The molecule has 0 aromatic heterocycles. The molecule has 0 spiro atoms. The Balaban J connectivity index is 2.53. The van der Waals surface area contributed by atoms with E-state index in [1.54, 1.807) is 0 Å². The van der Waals surface area contributed by atoms with Gasteiger partial charge in [-0.15, -0.1) is 0 Å². The van der Waals surface area contributed by atoms with E-state index in [1.165, 1.54) is 0 Å². The van der Waals surface area contributed by atoms with E-state index in [-0.39, 0.29) is 5.60 Å². The number of hydrogen-bond acceptors (Lipinski definition) is 2. The first-order valence-corrected chi connectivity index (χ1v) is 4.82. The van der Waals surface area contributed by atoms with Gasteiger partial charge in [0.25, 0.3) is 0 Å². The van der Waals surface area contributed by atoms with Crippen LogP contribution in [0.4, 0.5) is 0 Å². The van der Waals surface area contributed by atoms with Crippen molar-refractivity contribution in [1.29, 1.82) is 0 Å². The van der Waals surface area contributed by atoms with Gasteiger partial charge in [-0.05, 0) is 31.6 Å². The Morgan fingerprint density at radius 1 is 1.29 bits per heavy atom. The lowest BCUT2D eigenvalue weighted by Gasteiger charge is -2.30. The zero-order valence-electron chi connectivity index (χ0n) is 8.58. The molecule has 0 unspecified atom stereocenters. The molecule has 14 heavy (non-hydrogen) atoms. The lowest BCUT2D eigenvalue weighted by atomic mass is 9.95. The molecule has 0 radical (unpaired) electrons. The largest absolute Gasteiger partial charge is 0.483 e. The molecule has 0 saturated heterocycles. The van der Waals surface area contributed by atoms with Gasteiger partial charge in [-0.3, -0.25) is 0 Å². The number of rotatable bonds is 1. The van der Waals surface area contributed by atoms with E-state index in [4.69, 9.17) is 10.5 Å². The monoisotopic (exact) mass is 189 g/mol. The maximum atomic E-state index is 5.82. The van der Waals surface area contributed by atoms with Gasteiger partial charge in [0, 0.05) is 12.1 Å². The topological polar surface area (TPSA) is 35.2 Å². The minimum Gasteiger partial charge on any atom is -0.483 e. The van der Waals surface area contributed by atoms with E-state index in [1.807, 2.05) is 38.1 Å². The molecule has 1 aliphatic heterocycles. The molecule has 0 saturated carbocycles.